The van der Waals surface area contributed by atoms with Crippen LogP contribution in [-0.4, -0.2) is 6.61 Å². The van der Waals surface area contributed by atoms with Crippen LogP contribution in [0.4, 0.5) is 0 Å². The van der Waals surface area contributed by atoms with Crippen LogP contribution >= 0.6 is 0 Å². The molecule has 0 saturated carbocycles. The van der Waals surface area contributed by atoms with E-state index in [1.165, 1.54) is 0 Å². The Morgan fingerprint density at radius 2 is 2.10 bits per heavy atom. The molecule has 0 aliphatic rings. The van der Waals surface area contributed by atoms with Crippen LogP contribution in [0.15, 0.2) is 24.3 Å². The van der Waals surface area contributed by atoms with Crippen molar-refractivity contribution in [3.05, 3.63) is 30.9 Å². The standard InChI is InChI=1S/C9H15O/c1-3-5-6-7-9-10-8-4-2/h3,5-8H,4,9H2,1-2H3/b5-3+,7-6+. The highest BCUT2D eigenvalue weighted by Crippen LogP contribution is 1.87. The maximum absolute atomic E-state index is 5.08. The van der Waals surface area contributed by atoms with Gasteiger partial charge >= 0.3 is 0 Å². The third-order valence-electron chi connectivity index (χ3n) is 0.917. The maximum atomic E-state index is 5.08. The Labute approximate surface area is 63.4 Å². The highest BCUT2D eigenvalue weighted by atomic mass is 16.5. The van der Waals surface area contributed by atoms with E-state index >= 15 is 0 Å². The van der Waals surface area contributed by atoms with Crippen molar-refractivity contribution >= 4 is 0 Å². The van der Waals surface area contributed by atoms with Crippen LogP contribution < -0.4 is 0 Å². The highest BCUT2D eigenvalue weighted by molar-refractivity contribution is 5.00. The number of rotatable bonds is 5. The zero-order valence-corrected chi connectivity index (χ0v) is 6.71. The van der Waals surface area contributed by atoms with Gasteiger partial charge in [0.1, 0.15) is 0 Å². The Bertz CT molecular complexity index is 103. The van der Waals surface area contributed by atoms with Crippen LogP contribution in [0, 0.1) is 6.61 Å². The van der Waals surface area contributed by atoms with Crippen molar-refractivity contribution < 1.29 is 4.74 Å². The van der Waals surface area contributed by atoms with Gasteiger partial charge in [-0.2, -0.15) is 0 Å². The third kappa shape index (κ3) is 7.44. The average molecular weight is 139 g/mol. The van der Waals surface area contributed by atoms with Crippen molar-refractivity contribution in [2.75, 3.05) is 6.61 Å². The SMILES string of the molecule is C/C=C/C=C/CO[CH]CC. The second kappa shape index (κ2) is 8.44. The zero-order chi connectivity index (χ0) is 7.66. The van der Waals surface area contributed by atoms with E-state index in [1.807, 2.05) is 31.2 Å². The van der Waals surface area contributed by atoms with Crippen molar-refractivity contribution in [3.63, 3.8) is 0 Å². The molecule has 1 radical (unpaired) electrons. The highest BCUT2D eigenvalue weighted by Gasteiger charge is 1.77. The van der Waals surface area contributed by atoms with Crippen LogP contribution in [0.5, 0.6) is 0 Å². The van der Waals surface area contributed by atoms with Gasteiger partial charge in [0.05, 0.1) is 13.2 Å². The summed E-state index contributed by atoms with van der Waals surface area (Å²) in [5.41, 5.74) is 0. The lowest BCUT2D eigenvalue weighted by Gasteiger charge is -1.92. The van der Waals surface area contributed by atoms with E-state index in [2.05, 4.69) is 6.92 Å². The van der Waals surface area contributed by atoms with Gasteiger partial charge in [0.15, 0.2) is 0 Å². The minimum atomic E-state index is 0.679. The molecule has 0 rings (SSSR count). The van der Waals surface area contributed by atoms with Crippen LogP contribution in [-0.2, 0) is 4.74 Å². The Balaban J connectivity index is 3.02. The molecule has 0 aromatic rings. The van der Waals surface area contributed by atoms with Gasteiger partial charge in [0.25, 0.3) is 0 Å². The Morgan fingerprint density at radius 1 is 1.30 bits per heavy atom. The predicted octanol–water partition coefficient (Wildman–Crippen LogP) is 2.71. The molecule has 10 heavy (non-hydrogen) atoms. The zero-order valence-electron chi connectivity index (χ0n) is 6.71. The summed E-state index contributed by atoms with van der Waals surface area (Å²) in [6.07, 6.45) is 8.89. The second-order valence-corrected chi connectivity index (χ2v) is 1.86. The van der Waals surface area contributed by atoms with E-state index in [1.54, 1.807) is 6.61 Å². The number of allylic oxidation sites excluding steroid dienone is 3. The van der Waals surface area contributed by atoms with Gasteiger partial charge in [-0.1, -0.05) is 31.2 Å². The van der Waals surface area contributed by atoms with E-state index in [0.29, 0.717) is 6.61 Å². The lowest BCUT2D eigenvalue weighted by molar-refractivity contribution is 0.227. The van der Waals surface area contributed by atoms with Crippen molar-refractivity contribution in [1.82, 2.24) is 0 Å². The van der Waals surface area contributed by atoms with Gasteiger partial charge in [-0.05, 0) is 13.3 Å². The fourth-order valence-corrected chi connectivity index (χ4v) is 0.487. The minimum absolute atomic E-state index is 0.679. The molecule has 0 aliphatic heterocycles. The van der Waals surface area contributed by atoms with Gasteiger partial charge < -0.3 is 4.74 Å². The summed E-state index contributed by atoms with van der Waals surface area (Å²) in [6, 6.07) is 0. The molecule has 0 saturated heterocycles. The number of hydrogen-bond donors (Lipinski definition) is 0. The maximum Gasteiger partial charge on any atom is 0.0838 e. The van der Waals surface area contributed by atoms with Gasteiger partial charge in [-0.15, -0.1) is 0 Å². The molecule has 0 atom stereocenters. The van der Waals surface area contributed by atoms with Crippen LogP contribution in [0.1, 0.15) is 20.3 Å². The Kier molecular flexibility index (Phi) is 7.97. The third-order valence-corrected chi connectivity index (χ3v) is 0.917. The molecule has 0 heterocycles. The largest absolute Gasteiger partial charge is 0.371 e. The molecular weight excluding hydrogens is 124 g/mol. The lowest BCUT2D eigenvalue weighted by Crippen LogP contribution is -1.84. The number of ether oxygens (including phenoxy) is 1. The first-order chi connectivity index (χ1) is 4.91. The first kappa shape index (κ1) is 9.44. The Morgan fingerprint density at radius 3 is 2.70 bits per heavy atom. The van der Waals surface area contributed by atoms with E-state index in [4.69, 9.17) is 4.74 Å². The normalized spacial score (nSPS) is 11.8. The molecule has 0 spiro atoms. The molecule has 1 nitrogen and oxygen atoms in total. The van der Waals surface area contributed by atoms with E-state index in [9.17, 15) is 0 Å². The molecule has 0 unspecified atom stereocenters. The molecule has 0 fully saturated rings. The first-order valence-electron chi connectivity index (χ1n) is 3.63. The van der Waals surface area contributed by atoms with Gasteiger partial charge in [0.2, 0.25) is 0 Å². The quantitative estimate of drug-likeness (QED) is 0.420. The van der Waals surface area contributed by atoms with E-state index < -0.39 is 0 Å². The Hall–Kier alpha value is -0.560. The fourth-order valence-electron chi connectivity index (χ4n) is 0.487. The van der Waals surface area contributed by atoms with Crippen LogP contribution in [0.3, 0.4) is 0 Å². The fraction of sp³-hybridized carbons (Fsp3) is 0.444. The summed E-state index contributed by atoms with van der Waals surface area (Å²) in [6.45, 7) is 6.53. The van der Waals surface area contributed by atoms with Gasteiger partial charge in [-0.3, -0.25) is 0 Å². The monoisotopic (exact) mass is 139 g/mol. The molecule has 57 valence electrons. The molecule has 0 bridgehead atoms. The van der Waals surface area contributed by atoms with Crippen LogP contribution in [0.25, 0.3) is 0 Å². The summed E-state index contributed by atoms with van der Waals surface area (Å²) in [4.78, 5) is 0. The first-order valence-corrected chi connectivity index (χ1v) is 3.63. The molecule has 0 aromatic heterocycles. The van der Waals surface area contributed by atoms with Gasteiger partial charge in [-0.25, -0.2) is 0 Å². The number of hydrogen-bond acceptors (Lipinski definition) is 1. The lowest BCUT2D eigenvalue weighted by atomic mass is 10.4. The van der Waals surface area contributed by atoms with Crippen molar-refractivity contribution in [3.8, 4) is 0 Å². The molecule has 0 aromatic carbocycles. The molecule has 0 aliphatic carbocycles. The smallest absolute Gasteiger partial charge is 0.0838 e. The molecule has 0 amide bonds. The van der Waals surface area contributed by atoms with Crippen molar-refractivity contribution in [2.45, 2.75) is 20.3 Å². The summed E-state index contributed by atoms with van der Waals surface area (Å²) in [7, 11) is 0. The molecule has 0 N–H and O–H groups in total. The van der Waals surface area contributed by atoms with E-state index in [0.717, 1.165) is 6.42 Å². The van der Waals surface area contributed by atoms with Crippen molar-refractivity contribution in [1.29, 1.82) is 0 Å². The molecule has 1 heteroatoms. The summed E-state index contributed by atoms with van der Waals surface area (Å²) in [5, 5.41) is 0. The van der Waals surface area contributed by atoms with Gasteiger partial charge in [0, 0.05) is 0 Å². The minimum Gasteiger partial charge on any atom is -0.371 e. The predicted molar refractivity (Wildman–Crippen MR) is 44.5 cm³/mol. The summed E-state index contributed by atoms with van der Waals surface area (Å²) < 4.78 is 5.08. The topological polar surface area (TPSA) is 9.23 Å². The van der Waals surface area contributed by atoms with E-state index in [-0.39, 0.29) is 0 Å². The average Bonchev–Trinajstić information content (AvgIpc) is 1.97. The summed E-state index contributed by atoms with van der Waals surface area (Å²) in [5.74, 6) is 0. The summed E-state index contributed by atoms with van der Waals surface area (Å²) >= 11 is 0. The van der Waals surface area contributed by atoms with Crippen LogP contribution in [0.2, 0.25) is 0 Å². The second-order valence-electron chi connectivity index (χ2n) is 1.86. The molecular formula is C9H15O. The van der Waals surface area contributed by atoms with Crippen molar-refractivity contribution in [2.24, 2.45) is 0 Å².